The normalized spacial score (nSPS) is 12.7. The first-order chi connectivity index (χ1) is 11.2. The Morgan fingerprint density at radius 3 is 1.83 bits per heavy atom. The van der Waals surface area contributed by atoms with Crippen molar-refractivity contribution in [1.82, 2.24) is 0 Å². The number of hydrogen-bond acceptors (Lipinski definition) is 3. The van der Waals surface area contributed by atoms with E-state index < -0.39 is 0 Å². The average molecular weight is 299 g/mol. The van der Waals surface area contributed by atoms with E-state index >= 15 is 0 Å². The number of carbonyl (C=O) groups is 2. The summed E-state index contributed by atoms with van der Waals surface area (Å²) in [7, 11) is 0. The van der Waals surface area contributed by atoms with E-state index in [-0.39, 0.29) is 11.6 Å². The molecule has 1 aliphatic carbocycles. The summed E-state index contributed by atoms with van der Waals surface area (Å²) < 4.78 is 0. The SMILES string of the molecule is Nc1c(-c2ccccc2)ccc2c1C(=O)c1ccccc1C2=O. The zero-order valence-electron chi connectivity index (χ0n) is 12.2. The number of anilines is 1. The maximum atomic E-state index is 12.8. The number of benzene rings is 3. The van der Waals surface area contributed by atoms with Gasteiger partial charge in [-0.3, -0.25) is 9.59 Å². The minimum atomic E-state index is -0.189. The lowest BCUT2D eigenvalue weighted by Crippen LogP contribution is -2.22. The Bertz CT molecular complexity index is 959. The van der Waals surface area contributed by atoms with Crippen molar-refractivity contribution in [2.24, 2.45) is 0 Å². The summed E-state index contributed by atoms with van der Waals surface area (Å²) in [6.07, 6.45) is 0. The standard InChI is InChI=1S/C20H13NO2/c21-18-13(12-6-2-1-3-7-12)10-11-16-17(18)20(23)15-9-5-4-8-14(15)19(16)22/h1-11H,21H2. The van der Waals surface area contributed by atoms with Gasteiger partial charge in [0, 0.05) is 22.3 Å². The fourth-order valence-corrected chi connectivity index (χ4v) is 3.08. The molecule has 0 spiro atoms. The lowest BCUT2D eigenvalue weighted by Gasteiger charge is -2.20. The molecule has 0 amide bonds. The Labute approximate surface area is 133 Å². The minimum absolute atomic E-state index is 0.151. The van der Waals surface area contributed by atoms with E-state index in [4.69, 9.17) is 5.73 Å². The third kappa shape index (κ3) is 1.90. The lowest BCUT2D eigenvalue weighted by molar-refractivity contribution is 0.0980. The van der Waals surface area contributed by atoms with Crippen molar-refractivity contribution in [1.29, 1.82) is 0 Å². The van der Waals surface area contributed by atoms with Crippen molar-refractivity contribution in [2.45, 2.75) is 0 Å². The fraction of sp³-hybridized carbons (Fsp3) is 0. The Hall–Kier alpha value is -3.20. The summed E-state index contributed by atoms with van der Waals surface area (Å²) in [5, 5.41) is 0. The highest BCUT2D eigenvalue weighted by molar-refractivity contribution is 6.30. The van der Waals surface area contributed by atoms with Gasteiger partial charge in [-0.2, -0.15) is 0 Å². The predicted octanol–water partition coefficient (Wildman–Crippen LogP) is 3.71. The van der Waals surface area contributed by atoms with Gasteiger partial charge < -0.3 is 5.73 Å². The van der Waals surface area contributed by atoms with E-state index in [1.54, 1.807) is 30.3 Å². The average Bonchev–Trinajstić information content (AvgIpc) is 2.60. The molecule has 4 rings (SSSR count). The van der Waals surface area contributed by atoms with Crippen LogP contribution < -0.4 is 5.73 Å². The van der Waals surface area contributed by atoms with Crippen LogP contribution in [0, 0.1) is 0 Å². The molecule has 1 aliphatic rings. The zero-order valence-corrected chi connectivity index (χ0v) is 12.2. The number of fused-ring (bicyclic) bond motifs is 2. The summed E-state index contributed by atoms with van der Waals surface area (Å²) in [5.41, 5.74) is 9.88. The Morgan fingerprint density at radius 1 is 0.565 bits per heavy atom. The summed E-state index contributed by atoms with van der Waals surface area (Å²) >= 11 is 0. The molecule has 2 N–H and O–H groups in total. The maximum absolute atomic E-state index is 12.8. The van der Waals surface area contributed by atoms with E-state index in [1.165, 1.54) is 0 Å². The number of nitrogens with two attached hydrogens (primary N) is 1. The molecule has 0 atom stereocenters. The molecule has 3 aromatic carbocycles. The topological polar surface area (TPSA) is 60.2 Å². The van der Waals surface area contributed by atoms with Crippen LogP contribution in [0.5, 0.6) is 0 Å². The molecule has 23 heavy (non-hydrogen) atoms. The Morgan fingerprint density at radius 2 is 1.13 bits per heavy atom. The molecule has 0 radical (unpaired) electrons. The second-order valence-electron chi connectivity index (χ2n) is 5.52. The van der Waals surface area contributed by atoms with Gasteiger partial charge in [0.2, 0.25) is 0 Å². The van der Waals surface area contributed by atoms with Gasteiger partial charge in [-0.15, -0.1) is 0 Å². The van der Waals surface area contributed by atoms with Crippen molar-refractivity contribution < 1.29 is 9.59 Å². The molecule has 0 saturated heterocycles. The van der Waals surface area contributed by atoms with Crippen LogP contribution in [0.4, 0.5) is 5.69 Å². The van der Waals surface area contributed by atoms with Gasteiger partial charge in [-0.1, -0.05) is 60.7 Å². The molecule has 3 heteroatoms. The minimum Gasteiger partial charge on any atom is -0.398 e. The number of ketones is 2. The highest BCUT2D eigenvalue weighted by Crippen LogP contribution is 2.36. The van der Waals surface area contributed by atoms with Gasteiger partial charge in [0.25, 0.3) is 0 Å². The highest BCUT2D eigenvalue weighted by atomic mass is 16.1. The molecule has 0 aromatic heterocycles. The van der Waals surface area contributed by atoms with Gasteiger partial charge in [0.1, 0.15) is 0 Å². The van der Waals surface area contributed by atoms with Crippen molar-refractivity contribution in [3.05, 3.63) is 89.0 Å². The van der Waals surface area contributed by atoms with Crippen LogP contribution in [0.25, 0.3) is 11.1 Å². The molecule has 0 bridgehead atoms. The molecular weight excluding hydrogens is 286 g/mol. The van der Waals surface area contributed by atoms with Crippen LogP contribution in [0.1, 0.15) is 31.8 Å². The van der Waals surface area contributed by atoms with Crippen molar-refractivity contribution in [3.8, 4) is 11.1 Å². The van der Waals surface area contributed by atoms with Crippen LogP contribution in [0.15, 0.2) is 66.7 Å². The predicted molar refractivity (Wildman–Crippen MR) is 89.6 cm³/mol. The number of nitrogen functional groups attached to an aromatic ring is 1. The molecule has 0 heterocycles. The summed E-state index contributed by atoms with van der Waals surface area (Å²) in [6, 6.07) is 20.0. The second-order valence-corrected chi connectivity index (χ2v) is 5.52. The van der Waals surface area contributed by atoms with E-state index in [0.29, 0.717) is 27.9 Å². The summed E-state index contributed by atoms with van der Waals surface area (Å²) in [6.45, 7) is 0. The zero-order chi connectivity index (χ0) is 16.0. The largest absolute Gasteiger partial charge is 0.398 e. The molecular formula is C20H13NO2. The van der Waals surface area contributed by atoms with Crippen LogP contribution in [-0.4, -0.2) is 11.6 Å². The van der Waals surface area contributed by atoms with E-state index in [0.717, 1.165) is 11.1 Å². The summed E-state index contributed by atoms with van der Waals surface area (Å²) in [5.74, 6) is -0.341. The first kappa shape index (κ1) is 13.5. The van der Waals surface area contributed by atoms with Gasteiger partial charge in [0.05, 0.1) is 11.3 Å². The molecule has 110 valence electrons. The third-order valence-corrected chi connectivity index (χ3v) is 4.22. The molecule has 0 unspecified atom stereocenters. The van der Waals surface area contributed by atoms with Crippen LogP contribution in [0.2, 0.25) is 0 Å². The lowest BCUT2D eigenvalue weighted by atomic mass is 9.81. The van der Waals surface area contributed by atoms with Crippen LogP contribution in [0.3, 0.4) is 0 Å². The van der Waals surface area contributed by atoms with Gasteiger partial charge >= 0.3 is 0 Å². The highest BCUT2D eigenvalue weighted by Gasteiger charge is 2.31. The maximum Gasteiger partial charge on any atom is 0.196 e. The van der Waals surface area contributed by atoms with Crippen molar-refractivity contribution in [3.63, 3.8) is 0 Å². The van der Waals surface area contributed by atoms with Crippen LogP contribution >= 0.6 is 0 Å². The monoisotopic (exact) mass is 299 g/mol. The smallest absolute Gasteiger partial charge is 0.196 e. The van der Waals surface area contributed by atoms with Crippen molar-refractivity contribution >= 4 is 17.3 Å². The third-order valence-electron chi connectivity index (χ3n) is 4.22. The number of rotatable bonds is 1. The Balaban J connectivity index is 1.98. The molecule has 3 nitrogen and oxygen atoms in total. The summed E-state index contributed by atoms with van der Waals surface area (Å²) in [4.78, 5) is 25.5. The molecule has 0 fully saturated rings. The molecule has 0 saturated carbocycles. The van der Waals surface area contributed by atoms with E-state index in [2.05, 4.69) is 0 Å². The van der Waals surface area contributed by atoms with E-state index in [9.17, 15) is 9.59 Å². The molecule has 0 aliphatic heterocycles. The van der Waals surface area contributed by atoms with E-state index in [1.807, 2.05) is 36.4 Å². The van der Waals surface area contributed by atoms with Crippen LogP contribution in [-0.2, 0) is 0 Å². The first-order valence-corrected chi connectivity index (χ1v) is 7.35. The van der Waals surface area contributed by atoms with Crippen molar-refractivity contribution in [2.75, 3.05) is 5.73 Å². The Kier molecular flexibility index (Phi) is 2.88. The van der Waals surface area contributed by atoms with Gasteiger partial charge in [0.15, 0.2) is 11.6 Å². The number of carbonyl (C=O) groups excluding carboxylic acids is 2. The van der Waals surface area contributed by atoms with Gasteiger partial charge in [-0.05, 0) is 11.6 Å². The quantitative estimate of drug-likeness (QED) is 0.545. The number of hydrogen-bond donors (Lipinski definition) is 1. The molecule has 3 aromatic rings. The second kappa shape index (κ2) is 4.92. The first-order valence-electron chi connectivity index (χ1n) is 7.35. The van der Waals surface area contributed by atoms with Gasteiger partial charge in [-0.25, -0.2) is 0 Å². The fourth-order valence-electron chi connectivity index (χ4n) is 3.08.